The topological polar surface area (TPSA) is 85.2 Å². The minimum Gasteiger partial charge on any atom is -0.366 e. The summed E-state index contributed by atoms with van der Waals surface area (Å²) >= 11 is 7.55. The van der Waals surface area contributed by atoms with Gasteiger partial charge >= 0.3 is 0 Å². The molecule has 3 aromatic rings. The number of anilines is 1. The molecule has 0 bridgehead atoms. The molecule has 5 nitrogen and oxygen atoms in total. The summed E-state index contributed by atoms with van der Waals surface area (Å²) < 4.78 is 0.867. The number of nitrogens with zero attached hydrogens (tertiary/aromatic N) is 2. The number of pyridine rings is 1. The third kappa shape index (κ3) is 3.16. The first-order valence-corrected chi connectivity index (χ1v) is 9.71. The minimum absolute atomic E-state index is 0.144. The molecule has 0 unspecified atom stereocenters. The molecule has 0 saturated carbocycles. The lowest BCUT2D eigenvalue weighted by Crippen LogP contribution is -2.43. The van der Waals surface area contributed by atoms with E-state index in [4.69, 9.17) is 23.1 Å². The van der Waals surface area contributed by atoms with Gasteiger partial charge in [-0.2, -0.15) is 0 Å². The molecule has 1 aliphatic rings. The molecule has 1 aromatic carbocycles. The first-order chi connectivity index (χ1) is 12.5. The predicted molar refractivity (Wildman–Crippen MR) is 108 cm³/mol. The van der Waals surface area contributed by atoms with Crippen LogP contribution in [0.5, 0.6) is 0 Å². The van der Waals surface area contributed by atoms with Crippen LogP contribution in [-0.2, 0) is 0 Å². The van der Waals surface area contributed by atoms with Gasteiger partial charge in [-0.05, 0) is 36.6 Å². The summed E-state index contributed by atoms with van der Waals surface area (Å²) in [5.41, 5.74) is 13.2. The summed E-state index contributed by atoms with van der Waals surface area (Å²) in [4.78, 5) is 19.7. The van der Waals surface area contributed by atoms with Crippen molar-refractivity contribution in [3.63, 3.8) is 0 Å². The van der Waals surface area contributed by atoms with E-state index in [1.165, 1.54) is 0 Å². The highest BCUT2D eigenvalue weighted by Gasteiger charge is 2.23. The number of hydrogen-bond donors (Lipinski definition) is 2. The fraction of sp³-hybridized carbons (Fsp3) is 0.263. The Kier molecular flexibility index (Phi) is 4.56. The second-order valence-corrected chi connectivity index (χ2v) is 8.06. The average molecular weight is 387 g/mol. The molecule has 134 valence electrons. The van der Waals surface area contributed by atoms with Crippen molar-refractivity contribution in [2.45, 2.75) is 18.9 Å². The van der Waals surface area contributed by atoms with Crippen molar-refractivity contribution in [3.8, 4) is 10.4 Å². The summed E-state index contributed by atoms with van der Waals surface area (Å²) in [6.07, 6.45) is 3.65. The second-order valence-electron chi connectivity index (χ2n) is 6.57. The number of benzene rings is 1. The highest BCUT2D eigenvalue weighted by atomic mass is 35.5. The zero-order valence-electron chi connectivity index (χ0n) is 14.1. The number of piperidine rings is 1. The van der Waals surface area contributed by atoms with Crippen LogP contribution in [0.1, 0.15) is 23.2 Å². The second kappa shape index (κ2) is 6.87. The van der Waals surface area contributed by atoms with Crippen molar-refractivity contribution in [1.29, 1.82) is 0 Å². The SMILES string of the molecule is NC(=O)c1cnc(N2CCC[C@@H](N)C2)c2cc(-c3ccc(Cl)cc3)sc12. The molecule has 2 aromatic heterocycles. The van der Waals surface area contributed by atoms with Gasteiger partial charge in [0.15, 0.2) is 0 Å². The van der Waals surface area contributed by atoms with Crippen LogP contribution in [0.3, 0.4) is 0 Å². The predicted octanol–water partition coefficient (Wildman–Crippen LogP) is 3.64. The van der Waals surface area contributed by atoms with Crippen LogP contribution >= 0.6 is 22.9 Å². The van der Waals surface area contributed by atoms with Gasteiger partial charge in [-0.25, -0.2) is 4.98 Å². The number of thiophene rings is 1. The summed E-state index contributed by atoms with van der Waals surface area (Å²) in [7, 11) is 0. The number of rotatable bonds is 3. The fourth-order valence-electron chi connectivity index (χ4n) is 3.40. The maximum absolute atomic E-state index is 11.9. The fourth-order valence-corrected chi connectivity index (χ4v) is 4.70. The normalized spacial score (nSPS) is 17.6. The van der Waals surface area contributed by atoms with Gasteiger partial charge < -0.3 is 16.4 Å². The third-order valence-corrected chi connectivity index (χ3v) is 6.15. The van der Waals surface area contributed by atoms with Crippen molar-refractivity contribution in [2.24, 2.45) is 11.5 Å². The van der Waals surface area contributed by atoms with Gasteiger partial charge in [0.2, 0.25) is 0 Å². The molecule has 26 heavy (non-hydrogen) atoms. The quantitative estimate of drug-likeness (QED) is 0.719. The van der Waals surface area contributed by atoms with E-state index in [-0.39, 0.29) is 6.04 Å². The van der Waals surface area contributed by atoms with Gasteiger partial charge in [0.1, 0.15) is 5.82 Å². The number of halogens is 1. The van der Waals surface area contributed by atoms with Crippen LogP contribution in [-0.4, -0.2) is 30.0 Å². The van der Waals surface area contributed by atoms with Crippen molar-refractivity contribution in [1.82, 2.24) is 4.98 Å². The zero-order chi connectivity index (χ0) is 18.3. The van der Waals surface area contributed by atoms with Crippen LogP contribution in [0.15, 0.2) is 36.5 Å². The molecule has 0 radical (unpaired) electrons. The minimum atomic E-state index is -0.464. The Morgan fingerprint density at radius 3 is 2.77 bits per heavy atom. The molecular formula is C19H19ClN4OS. The zero-order valence-corrected chi connectivity index (χ0v) is 15.7. The first-order valence-electron chi connectivity index (χ1n) is 8.52. The molecule has 1 atom stereocenters. The van der Waals surface area contributed by atoms with Crippen LogP contribution in [0.2, 0.25) is 5.02 Å². The van der Waals surface area contributed by atoms with Crippen molar-refractivity contribution >= 4 is 44.7 Å². The van der Waals surface area contributed by atoms with E-state index >= 15 is 0 Å². The number of fused-ring (bicyclic) bond motifs is 1. The third-order valence-electron chi connectivity index (χ3n) is 4.69. The molecule has 0 spiro atoms. The lowest BCUT2D eigenvalue weighted by molar-refractivity contribution is 0.100. The van der Waals surface area contributed by atoms with Gasteiger partial charge in [0.05, 0.1) is 10.3 Å². The molecule has 1 fully saturated rings. The monoisotopic (exact) mass is 386 g/mol. The van der Waals surface area contributed by atoms with Crippen LogP contribution in [0, 0.1) is 0 Å². The van der Waals surface area contributed by atoms with E-state index in [0.717, 1.165) is 52.3 Å². The molecular weight excluding hydrogens is 368 g/mol. The molecule has 4 rings (SSSR count). The molecule has 0 aliphatic carbocycles. The molecule has 1 saturated heterocycles. The average Bonchev–Trinajstić information content (AvgIpc) is 3.06. The largest absolute Gasteiger partial charge is 0.366 e. The summed E-state index contributed by atoms with van der Waals surface area (Å²) in [6, 6.07) is 9.89. The highest BCUT2D eigenvalue weighted by Crippen LogP contribution is 2.39. The van der Waals surface area contributed by atoms with Gasteiger partial charge in [-0.3, -0.25) is 4.79 Å². The van der Waals surface area contributed by atoms with Crippen LogP contribution in [0.25, 0.3) is 20.5 Å². The Hall–Kier alpha value is -2.15. The number of carbonyl (C=O) groups is 1. The molecule has 7 heteroatoms. The van der Waals surface area contributed by atoms with Gasteiger partial charge in [0, 0.05) is 40.6 Å². The molecule has 3 heterocycles. The van der Waals surface area contributed by atoms with E-state index in [9.17, 15) is 4.79 Å². The lowest BCUT2D eigenvalue weighted by Gasteiger charge is -2.32. The number of primary amides is 1. The summed E-state index contributed by atoms with van der Waals surface area (Å²) in [6.45, 7) is 1.68. The molecule has 1 amide bonds. The Morgan fingerprint density at radius 1 is 1.31 bits per heavy atom. The number of aromatic nitrogens is 1. The maximum Gasteiger partial charge on any atom is 0.251 e. The summed E-state index contributed by atoms with van der Waals surface area (Å²) in [5.74, 6) is 0.408. The maximum atomic E-state index is 11.9. The van der Waals surface area contributed by atoms with Gasteiger partial charge in [-0.1, -0.05) is 23.7 Å². The number of nitrogens with two attached hydrogens (primary N) is 2. The van der Waals surface area contributed by atoms with Crippen molar-refractivity contribution < 1.29 is 4.79 Å². The first kappa shape index (κ1) is 17.3. The van der Waals surface area contributed by atoms with Gasteiger partial charge in [-0.15, -0.1) is 11.3 Å². The van der Waals surface area contributed by atoms with E-state index in [0.29, 0.717) is 10.6 Å². The van der Waals surface area contributed by atoms with Crippen molar-refractivity contribution in [3.05, 3.63) is 47.1 Å². The lowest BCUT2D eigenvalue weighted by atomic mass is 10.1. The van der Waals surface area contributed by atoms with Crippen LogP contribution in [0.4, 0.5) is 5.82 Å². The number of hydrogen-bond acceptors (Lipinski definition) is 5. The number of carbonyl (C=O) groups excluding carboxylic acids is 1. The Balaban J connectivity index is 1.87. The van der Waals surface area contributed by atoms with Gasteiger partial charge in [0.25, 0.3) is 5.91 Å². The van der Waals surface area contributed by atoms with Crippen LogP contribution < -0.4 is 16.4 Å². The van der Waals surface area contributed by atoms with E-state index in [2.05, 4.69) is 16.0 Å². The van der Waals surface area contributed by atoms with E-state index < -0.39 is 5.91 Å². The number of amides is 1. The van der Waals surface area contributed by atoms with Crippen molar-refractivity contribution in [2.75, 3.05) is 18.0 Å². The molecule has 1 aliphatic heterocycles. The Bertz CT molecular complexity index is 970. The van der Waals surface area contributed by atoms with E-state index in [1.54, 1.807) is 17.5 Å². The smallest absolute Gasteiger partial charge is 0.251 e. The summed E-state index contributed by atoms with van der Waals surface area (Å²) in [5, 5.41) is 1.64. The molecule has 4 N–H and O–H groups in total. The Labute approximate surface area is 160 Å². The van der Waals surface area contributed by atoms with E-state index in [1.807, 2.05) is 24.3 Å². The highest BCUT2D eigenvalue weighted by molar-refractivity contribution is 7.22. The standard InChI is InChI=1S/C19H19ClN4OS/c20-12-5-3-11(4-6-12)16-8-14-17(26-16)15(18(22)25)9-23-19(14)24-7-1-2-13(21)10-24/h3-6,8-9,13H,1-2,7,10,21H2,(H2,22,25)/t13-/m1/s1. The Morgan fingerprint density at radius 2 is 2.08 bits per heavy atom.